The zero-order valence-electron chi connectivity index (χ0n) is 9.30. The number of hydrogen-bond donors (Lipinski definition) is 2. The number of hydrogen-bond acceptors (Lipinski definition) is 2. The van der Waals surface area contributed by atoms with Crippen LogP contribution in [0.1, 0.15) is 30.9 Å². The second-order valence-corrected chi connectivity index (χ2v) is 3.85. The van der Waals surface area contributed by atoms with Crippen molar-refractivity contribution in [3.05, 3.63) is 35.4 Å². The quantitative estimate of drug-likeness (QED) is 0.551. The lowest BCUT2D eigenvalue weighted by Crippen LogP contribution is -2.25. The average molecular weight is 192 g/mol. The summed E-state index contributed by atoms with van der Waals surface area (Å²) < 4.78 is 0. The molecule has 0 amide bonds. The first-order valence-corrected chi connectivity index (χ1v) is 5.18. The van der Waals surface area contributed by atoms with Gasteiger partial charge in [-0.05, 0) is 24.1 Å². The molecule has 1 aromatic rings. The van der Waals surface area contributed by atoms with Crippen molar-refractivity contribution < 1.29 is 0 Å². The van der Waals surface area contributed by atoms with Crippen molar-refractivity contribution in [3.8, 4) is 0 Å². The van der Waals surface area contributed by atoms with E-state index < -0.39 is 0 Å². The Morgan fingerprint density at radius 2 is 1.79 bits per heavy atom. The van der Waals surface area contributed by atoms with Gasteiger partial charge in [0.25, 0.3) is 0 Å². The third kappa shape index (κ3) is 3.48. The summed E-state index contributed by atoms with van der Waals surface area (Å²) in [5, 5.41) is 6.35. The third-order valence-electron chi connectivity index (χ3n) is 2.28. The van der Waals surface area contributed by atoms with Crippen LogP contribution in [0, 0.1) is 0 Å². The van der Waals surface area contributed by atoms with Crippen molar-refractivity contribution in [2.75, 3.05) is 13.7 Å². The molecule has 0 radical (unpaired) electrons. The van der Waals surface area contributed by atoms with E-state index in [1.165, 1.54) is 11.1 Å². The molecule has 0 saturated carbocycles. The molecule has 0 atom stereocenters. The largest absolute Gasteiger partial charge is 0.308 e. The Morgan fingerprint density at radius 1 is 1.14 bits per heavy atom. The summed E-state index contributed by atoms with van der Waals surface area (Å²) in [6, 6.07) is 8.80. The van der Waals surface area contributed by atoms with Gasteiger partial charge >= 0.3 is 0 Å². The van der Waals surface area contributed by atoms with E-state index in [9.17, 15) is 0 Å². The van der Waals surface area contributed by atoms with E-state index in [1.807, 2.05) is 7.05 Å². The number of benzene rings is 1. The Bertz CT molecular complexity index is 252. The van der Waals surface area contributed by atoms with Crippen molar-refractivity contribution in [2.45, 2.75) is 26.3 Å². The molecule has 1 rings (SSSR count). The second-order valence-electron chi connectivity index (χ2n) is 3.85. The molecule has 78 valence electrons. The van der Waals surface area contributed by atoms with Crippen molar-refractivity contribution in [3.63, 3.8) is 0 Å². The van der Waals surface area contributed by atoms with Crippen molar-refractivity contribution >= 4 is 0 Å². The van der Waals surface area contributed by atoms with Gasteiger partial charge in [0, 0.05) is 13.2 Å². The molecule has 2 N–H and O–H groups in total. The lowest BCUT2D eigenvalue weighted by Gasteiger charge is -2.07. The van der Waals surface area contributed by atoms with Gasteiger partial charge < -0.3 is 10.6 Å². The summed E-state index contributed by atoms with van der Waals surface area (Å²) in [5.74, 6) is 0.620. The van der Waals surface area contributed by atoms with Crippen LogP contribution in [-0.2, 0) is 6.54 Å². The summed E-state index contributed by atoms with van der Waals surface area (Å²) in [4.78, 5) is 0. The van der Waals surface area contributed by atoms with Gasteiger partial charge in [0.15, 0.2) is 0 Å². The molecule has 0 aromatic heterocycles. The van der Waals surface area contributed by atoms with Gasteiger partial charge in [-0.1, -0.05) is 38.1 Å². The van der Waals surface area contributed by atoms with Crippen LogP contribution >= 0.6 is 0 Å². The first kappa shape index (κ1) is 11.2. The molecule has 0 heterocycles. The van der Waals surface area contributed by atoms with Crippen LogP contribution < -0.4 is 10.6 Å². The normalized spacial score (nSPS) is 10.9. The zero-order chi connectivity index (χ0) is 10.4. The average Bonchev–Trinajstić information content (AvgIpc) is 2.19. The summed E-state index contributed by atoms with van der Waals surface area (Å²) in [6.07, 6.45) is 0. The topological polar surface area (TPSA) is 24.1 Å². The molecule has 0 aliphatic rings. The summed E-state index contributed by atoms with van der Waals surface area (Å²) in [7, 11) is 1.94. The lowest BCUT2D eigenvalue weighted by molar-refractivity contribution is 0.631. The van der Waals surface area contributed by atoms with Crippen LogP contribution in [0.4, 0.5) is 0 Å². The zero-order valence-corrected chi connectivity index (χ0v) is 9.30. The van der Waals surface area contributed by atoms with Crippen molar-refractivity contribution in [2.24, 2.45) is 0 Å². The highest BCUT2D eigenvalue weighted by Gasteiger charge is 1.98. The Morgan fingerprint density at radius 3 is 2.29 bits per heavy atom. The maximum atomic E-state index is 3.29. The van der Waals surface area contributed by atoms with Crippen LogP contribution in [0.15, 0.2) is 24.3 Å². The Hall–Kier alpha value is -0.860. The Kier molecular flexibility index (Phi) is 4.63. The first-order chi connectivity index (χ1) is 6.74. The van der Waals surface area contributed by atoms with Crippen LogP contribution in [0.3, 0.4) is 0 Å². The van der Waals surface area contributed by atoms with E-state index >= 15 is 0 Å². The van der Waals surface area contributed by atoms with Gasteiger partial charge in [0.1, 0.15) is 0 Å². The predicted molar refractivity (Wildman–Crippen MR) is 61.3 cm³/mol. The minimum atomic E-state index is 0.620. The van der Waals surface area contributed by atoms with Crippen molar-refractivity contribution in [1.82, 2.24) is 10.6 Å². The molecule has 1 aromatic carbocycles. The number of nitrogens with one attached hydrogen (secondary N) is 2. The Labute approximate surface area is 86.7 Å². The molecule has 0 aliphatic carbocycles. The molecule has 2 nitrogen and oxygen atoms in total. The van der Waals surface area contributed by atoms with E-state index in [-0.39, 0.29) is 0 Å². The Balaban J connectivity index is 2.47. The summed E-state index contributed by atoms with van der Waals surface area (Å²) in [6.45, 7) is 6.22. The smallest absolute Gasteiger partial charge is 0.0454 e. The molecule has 0 bridgehead atoms. The maximum absolute atomic E-state index is 3.29. The molecular formula is C12H20N2. The van der Waals surface area contributed by atoms with Gasteiger partial charge in [-0.25, -0.2) is 0 Å². The minimum absolute atomic E-state index is 0.620. The molecule has 2 heteroatoms. The first-order valence-electron chi connectivity index (χ1n) is 5.18. The number of rotatable bonds is 5. The van der Waals surface area contributed by atoms with Crippen LogP contribution in [0.2, 0.25) is 0 Å². The highest BCUT2D eigenvalue weighted by atomic mass is 15.0. The standard InChI is InChI=1S/C12H20N2/c1-10(2)12-6-4-11(5-7-12)8-14-9-13-3/h4-7,10,13-14H,8-9H2,1-3H3. The molecule has 0 unspecified atom stereocenters. The fourth-order valence-corrected chi connectivity index (χ4v) is 1.35. The molecule has 14 heavy (non-hydrogen) atoms. The molecule has 0 aliphatic heterocycles. The van der Waals surface area contributed by atoms with E-state index in [0.717, 1.165) is 13.2 Å². The van der Waals surface area contributed by atoms with Gasteiger partial charge in [0.05, 0.1) is 0 Å². The SMILES string of the molecule is CNCNCc1ccc(C(C)C)cc1. The highest BCUT2D eigenvalue weighted by Crippen LogP contribution is 2.14. The highest BCUT2D eigenvalue weighted by molar-refractivity contribution is 5.24. The molecule has 0 spiro atoms. The summed E-state index contributed by atoms with van der Waals surface area (Å²) >= 11 is 0. The van der Waals surface area contributed by atoms with Gasteiger partial charge in [-0.15, -0.1) is 0 Å². The van der Waals surface area contributed by atoms with Crippen LogP contribution in [0.5, 0.6) is 0 Å². The van der Waals surface area contributed by atoms with Gasteiger partial charge in [0.2, 0.25) is 0 Å². The maximum Gasteiger partial charge on any atom is 0.0454 e. The molecule has 0 saturated heterocycles. The van der Waals surface area contributed by atoms with Crippen molar-refractivity contribution in [1.29, 1.82) is 0 Å². The molecule has 0 fully saturated rings. The lowest BCUT2D eigenvalue weighted by atomic mass is 10.0. The van der Waals surface area contributed by atoms with Gasteiger partial charge in [-0.3, -0.25) is 0 Å². The van der Waals surface area contributed by atoms with E-state index in [4.69, 9.17) is 0 Å². The monoisotopic (exact) mass is 192 g/mol. The third-order valence-corrected chi connectivity index (χ3v) is 2.28. The predicted octanol–water partition coefficient (Wildman–Crippen LogP) is 2.08. The van der Waals surface area contributed by atoms with E-state index in [1.54, 1.807) is 0 Å². The van der Waals surface area contributed by atoms with E-state index in [0.29, 0.717) is 5.92 Å². The minimum Gasteiger partial charge on any atom is -0.308 e. The van der Waals surface area contributed by atoms with Crippen LogP contribution in [0.25, 0.3) is 0 Å². The summed E-state index contributed by atoms with van der Waals surface area (Å²) in [5.41, 5.74) is 2.74. The molecular weight excluding hydrogens is 172 g/mol. The van der Waals surface area contributed by atoms with Gasteiger partial charge in [-0.2, -0.15) is 0 Å². The van der Waals surface area contributed by atoms with E-state index in [2.05, 4.69) is 48.7 Å². The fourth-order valence-electron chi connectivity index (χ4n) is 1.35. The van der Waals surface area contributed by atoms with Crippen LogP contribution in [-0.4, -0.2) is 13.7 Å². The second kappa shape index (κ2) is 5.78. The fraction of sp³-hybridized carbons (Fsp3) is 0.500.